The zero-order chi connectivity index (χ0) is 21.4. The Morgan fingerprint density at radius 3 is 2.45 bits per heavy atom. The van der Waals surface area contributed by atoms with Gasteiger partial charge in [-0.05, 0) is 75.6 Å². The number of aliphatic hydroxyl groups excluding tert-OH is 1. The Bertz CT molecular complexity index is 861. The lowest BCUT2D eigenvalue weighted by atomic mass is 9.74. The number of rotatable bonds is 3. The Kier molecular flexibility index (Phi) is 5.81. The van der Waals surface area contributed by atoms with E-state index in [9.17, 15) is 15.0 Å². The van der Waals surface area contributed by atoms with Gasteiger partial charge >= 0.3 is 0 Å². The van der Waals surface area contributed by atoms with Crippen LogP contribution in [0.4, 0.5) is 0 Å². The van der Waals surface area contributed by atoms with Gasteiger partial charge in [0.2, 0.25) is 5.91 Å². The van der Waals surface area contributed by atoms with Gasteiger partial charge in [-0.15, -0.1) is 0 Å². The van der Waals surface area contributed by atoms with Gasteiger partial charge < -0.3 is 15.1 Å². The first-order valence-corrected chi connectivity index (χ1v) is 12.1. The number of fused-ring (bicyclic) bond motifs is 1. The van der Waals surface area contributed by atoms with Gasteiger partial charge in [0.25, 0.3) is 0 Å². The molecule has 1 aromatic carbocycles. The Morgan fingerprint density at radius 2 is 1.77 bits per heavy atom. The topological polar surface area (TPSA) is 64.0 Å². The van der Waals surface area contributed by atoms with Crippen molar-refractivity contribution in [2.24, 2.45) is 5.92 Å². The number of carbonyl (C=O) groups is 1. The average molecular weight is 423 g/mol. The minimum Gasteiger partial charge on any atom is -0.395 e. The second-order valence-corrected chi connectivity index (χ2v) is 9.96. The van der Waals surface area contributed by atoms with Crippen LogP contribution in [0.15, 0.2) is 24.3 Å². The molecule has 5 nitrogen and oxygen atoms in total. The van der Waals surface area contributed by atoms with Crippen molar-refractivity contribution in [2.75, 3.05) is 26.2 Å². The van der Waals surface area contributed by atoms with Gasteiger partial charge in [0.15, 0.2) is 0 Å². The first-order chi connectivity index (χ1) is 15.1. The second-order valence-electron chi connectivity index (χ2n) is 9.96. The molecular formula is C26H34N2O3. The third-order valence-electron chi connectivity index (χ3n) is 7.77. The van der Waals surface area contributed by atoms with E-state index in [1.165, 1.54) is 5.56 Å². The summed E-state index contributed by atoms with van der Waals surface area (Å²) in [7, 11) is 0. The molecule has 0 spiro atoms. The molecule has 2 saturated carbocycles. The predicted octanol–water partition coefficient (Wildman–Crippen LogP) is 2.50. The SMILES string of the molecule is O=C(C1CC1)N1CCCCN2[C@H](CO)[C@H](c3ccc(C#CC4(O)CCCC4)cc3)[C@@H]2C1. The van der Waals surface area contributed by atoms with Crippen LogP contribution in [0.1, 0.15) is 68.4 Å². The summed E-state index contributed by atoms with van der Waals surface area (Å²) in [5.41, 5.74) is 1.32. The van der Waals surface area contributed by atoms with Crippen LogP contribution >= 0.6 is 0 Å². The molecule has 5 heteroatoms. The van der Waals surface area contributed by atoms with Gasteiger partial charge in [-0.25, -0.2) is 0 Å². The van der Waals surface area contributed by atoms with Crippen molar-refractivity contribution in [2.45, 2.75) is 75.0 Å². The predicted molar refractivity (Wildman–Crippen MR) is 119 cm³/mol. The molecule has 0 bridgehead atoms. The Labute approximate surface area is 185 Å². The fraction of sp³-hybridized carbons (Fsp3) is 0.654. The van der Waals surface area contributed by atoms with Gasteiger partial charge in [0, 0.05) is 42.6 Å². The molecular weight excluding hydrogens is 388 g/mol. The molecule has 0 unspecified atom stereocenters. The van der Waals surface area contributed by atoms with Crippen molar-refractivity contribution in [3.63, 3.8) is 0 Å². The largest absolute Gasteiger partial charge is 0.395 e. The summed E-state index contributed by atoms with van der Waals surface area (Å²) >= 11 is 0. The molecule has 1 aromatic rings. The van der Waals surface area contributed by atoms with E-state index in [1.54, 1.807) is 0 Å². The van der Waals surface area contributed by atoms with Crippen LogP contribution < -0.4 is 0 Å². The van der Waals surface area contributed by atoms with Crippen molar-refractivity contribution in [3.8, 4) is 11.8 Å². The monoisotopic (exact) mass is 422 g/mol. The Balaban J connectivity index is 1.33. The van der Waals surface area contributed by atoms with E-state index in [0.717, 1.165) is 76.6 Å². The molecule has 2 saturated heterocycles. The smallest absolute Gasteiger partial charge is 0.225 e. The summed E-state index contributed by atoms with van der Waals surface area (Å²) in [6.07, 6.45) is 7.85. The van der Waals surface area contributed by atoms with Crippen LogP contribution in [-0.4, -0.2) is 69.8 Å². The fourth-order valence-electron chi connectivity index (χ4n) is 5.79. The molecule has 5 rings (SSSR count). The average Bonchev–Trinajstić information content (AvgIpc) is 3.52. The van der Waals surface area contributed by atoms with Crippen LogP contribution in [0.2, 0.25) is 0 Å². The Morgan fingerprint density at radius 1 is 1.06 bits per heavy atom. The normalized spacial score (nSPS) is 30.4. The minimum absolute atomic E-state index is 0.122. The number of aliphatic hydroxyl groups is 2. The van der Waals surface area contributed by atoms with Crippen molar-refractivity contribution >= 4 is 5.91 Å². The van der Waals surface area contributed by atoms with Crippen LogP contribution in [0, 0.1) is 17.8 Å². The first kappa shape index (κ1) is 21.0. The molecule has 3 atom stereocenters. The summed E-state index contributed by atoms with van der Waals surface area (Å²) in [4.78, 5) is 17.3. The number of carbonyl (C=O) groups excluding carboxylic acids is 1. The molecule has 31 heavy (non-hydrogen) atoms. The first-order valence-electron chi connectivity index (χ1n) is 12.1. The van der Waals surface area contributed by atoms with E-state index < -0.39 is 5.60 Å². The van der Waals surface area contributed by atoms with E-state index in [2.05, 4.69) is 33.8 Å². The van der Waals surface area contributed by atoms with Crippen LogP contribution in [0.3, 0.4) is 0 Å². The summed E-state index contributed by atoms with van der Waals surface area (Å²) in [6.45, 7) is 2.78. The van der Waals surface area contributed by atoms with Gasteiger partial charge in [0.05, 0.1) is 6.61 Å². The summed E-state index contributed by atoms with van der Waals surface area (Å²) in [5, 5.41) is 20.6. The Hall–Kier alpha value is -1.87. The standard InChI is InChI=1S/C26H34N2O3/c29-18-23-24(20-7-5-19(6-8-20)11-14-26(31)12-1-2-13-26)22-17-27(25(30)21-9-10-21)15-3-4-16-28(22)23/h5-8,21-24,29,31H,1-4,9-10,12-13,15-18H2/t22-,23+,24+/m0/s1. The molecule has 2 N–H and O–H groups in total. The van der Waals surface area contributed by atoms with Crippen molar-refractivity contribution in [1.29, 1.82) is 0 Å². The van der Waals surface area contributed by atoms with E-state index in [0.29, 0.717) is 5.91 Å². The van der Waals surface area contributed by atoms with Crippen molar-refractivity contribution in [3.05, 3.63) is 35.4 Å². The van der Waals surface area contributed by atoms with Crippen LogP contribution in [0.5, 0.6) is 0 Å². The third kappa shape index (κ3) is 4.26. The van der Waals surface area contributed by atoms with Gasteiger partial charge in [-0.1, -0.05) is 24.0 Å². The highest BCUT2D eigenvalue weighted by Crippen LogP contribution is 2.42. The van der Waals surface area contributed by atoms with Gasteiger partial charge in [0.1, 0.15) is 5.60 Å². The van der Waals surface area contributed by atoms with Crippen molar-refractivity contribution < 1.29 is 15.0 Å². The highest BCUT2D eigenvalue weighted by molar-refractivity contribution is 5.81. The molecule has 166 valence electrons. The third-order valence-corrected chi connectivity index (χ3v) is 7.77. The van der Waals surface area contributed by atoms with E-state index >= 15 is 0 Å². The molecule has 0 radical (unpaired) electrons. The van der Waals surface area contributed by atoms with E-state index in [4.69, 9.17) is 0 Å². The number of benzene rings is 1. The molecule has 2 heterocycles. The molecule has 2 aliphatic heterocycles. The number of hydrogen-bond acceptors (Lipinski definition) is 4. The van der Waals surface area contributed by atoms with E-state index in [1.807, 2.05) is 12.1 Å². The summed E-state index contributed by atoms with van der Waals surface area (Å²) in [5.74, 6) is 7.07. The summed E-state index contributed by atoms with van der Waals surface area (Å²) in [6, 6.07) is 8.72. The maximum atomic E-state index is 12.8. The highest BCUT2D eigenvalue weighted by Gasteiger charge is 2.50. The number of amides is 1. The molecule has 0 aromatic heterocycles. The number of hydrogen-bond donors (Lipinski definition) is 2. The maximum Gasteiger partial charge on any atom is 0.225 e. The molecule has 4 aliphatic rings. The quantitative estimate of drug-likeness (QED) is 0.735. The lowest BCUT2D eigenvalue weighted by Crippen LogP contribution is -2.68. The zero-order valence-corrected chi connectivity index (χ0v) is 18.3. The highest BCUT2D eigenvalue weighted by atomic mass is 16.3. The van der Waals surface area contributed by atoms with E-state index in [-0.39, 0.29) is 30.5 Å². The summed E-state index contributed by atoms with van der Waals surface area (Å²) < 4.78 is 0. The zero-order valence-electron chi connectivity index (χ0n) is 18.3. The lowest BCUT2D eigenvalue weighted by molar-refractivity contribution is -0.137. The van der Waals surface area contributed by atoms with Gasteiger partial charge in [-0.3, -0.25) is 9.69 Å². The lowest BCUT2D eigenvalue weighted by Gasteiger charge is -2.57. The van der Waals surface area contributed by atoms with Crippen molar-refractivity contribution in [1.82, 2.24) is 9.80 Å². The minimum atomic E-state index is -0.814. The molecule has 2 aliphatic carbocycles. The fourth-order valence-corrected chi connectivity index (χ4v) is 5.79. The second kappa shape index (κ2) is 8.58. The van der Waals surface area contributed by atoms with Crippen LogP contribution in [-0.2, 0) is 4.79 Å². The molecule has 1 amide bonds. The van der Waals surface area contributed by atoms with Crippen LogP contribution in [0.25, 0.3) is 0 Å². The maximum absolute atomic E-state index is 12.8. The van der Waals surface area contributed by atoms with Gasteiger partial charge in [-0.2, -0.15) is 0 Å². The molecule has 4 fully saturated rings. The number of nitrogens with zero attached hydrogens (tertiary/aromatic N) is 2.